The van der Waals surface area contributed by atoms with Gasteiger partial charge >= 0.3 is 0 Å². The van der Waals surface area contributed by atoms with Crippen LogP contribution in [0.15, 0.2) is 24.3 Å². The second-order valence-electron chi connectivity index (χ2n) is 5.14. The Kier molecular flexibility index (Phi) is 7.04. The van der Waals surface area contributed by atoms with Gasteiger partial charge in [0.15, 0.2) is 0 Å². The zero-order chi connectivity index (χ0) is 16.5. The van der Waals surface area contributed by atoms with Gasteiger partial charge in [-0.05, 0) is 23.6 Å². The highest BCUT2D eigenvalue weighted by Crippen LogP contribution is 2.10. The molecular weight excluding hydrogens is 286 g/mol. The van der Waals surface area contributed by atoms with E-state index in [4.69, 9.17) is 5.73 Å². The standard InChI is InChI=1S/C15H21N3O4/c1-10(2)14(16)15(21)17-7-13(20)18-12-5-3-11(4-6-12)8-22-9-19/h3-6,9-10,14H,7-8,16H2,1-2H3,(H,17,21)(H,18,20). The molecule has 0 saturated carbocycles. The van der Waals surface area contributed by atoms with Gasteiger partial charge in [0, 0.05) is 5.69 Å². The molecule has 0 spiro atoms. The number of amides is 2. The summed E-state index contributed by atoms with van der Waals surface area (Å²) in [5.41, 5.74) is 7.07. The highest BCUT2D eigenvalue weighted by Gasteiger charge is 2.17. The van der Waals surface area contributed by atoms with Gasteiger partial charge in [0.1, 0.15) is 6.61 Å². The van der Waals surface area contributed by atoms with Crippen molar-refractivity contribution < 1.29 is 19.1 Å². The number of rotatable bonds is 8. The van der Waals surface area contributed by atoms with Gasteiger partial charge in [0.25, 0.3) is 6.47 Å². The molecule has 120 valence electrons. The number of carbonyl (C=O) groups is 3. The van der Waals surface area contributed by atoms with Crippen LogP contribution in [0, 0.1) is 5.92 Å². The molecule has 0 fully saturated rings. The van der Waals surface area contributed by atoms with Crippen LogP contribution in [0.4, 0.5) is 5.69 Å². The molecule has 4 N–H and O–H groups in total. The third kappa shape index (κ3) is 5.92. The lowest BCUT2D eigenvalue weighted by molar-refractivity contribution is -0.129. The summed E-state index contributed by atoms with van der Waals surface area (Å²) in [5, 5.41) is 5.13. The summed E-state index contributed by atoms with van der Waals surface area (Å²) in [6.07, 6.45) is 0. The molecule has 0 aliphatic rings. The van der Waals surface area contributed by atoms with Crippen LogP contribution in [0.1, 0.15) is 19.4 Å². The molecule has 1 atom stereocenters. The maximum Gasteiger partial charge on any atom is 0.293 e. The van der Waals surface area contributed by atoms with Gasteiger partial charge in [-0.25, -0.2) is 0 Å². The summed E-state index contributed by atoms with van der Waals surface area (Å²) in [6, 6.07) is 6.19. The average molecular weight is 307 g/mol. The summed E-state index contributed by atoms with van der Waals surface area (Å²) in [6.45, 7) is 4.08. The monoisotopic (exact) mass is 307 g/mol. The Balaban J connectivity index is 2.41. The van der Waals surface area contributed by atoms with Crippen LogP contribution in [-0.2, 0) is 25.7 Å². The van der Waals surface area contributed by atoms with Crippen molar-refractivity contribution in [1.82, 2.24) is 5.32 Å². The van der Waals surface area contributed by atoms with Crippen molar-refractivity contribution in [3.63, 3.8) is 0 Å². The number of nitrogens with two attached hydrogens (primary N) is 1. The Morgan fingerprint density at radius 2 is 1.91 bits per heavy atom. The number of carbonyl (C=O) groups excluding carboxylic acids is 3. The second-order valence-corrected chi connectivity index (χ2v) is 5.14. The van der Waals surface area contributed by atoms with E-state index in [-0.39, 0.29) is 30.9 Å². The largest absolute Gasteiger partial charge is 0.463 e. The number of benzene rings is 1. The van der Waals surface area contributed by atoms with E-state index in [1.165, 1.54) is 0 Å². The van der Waals surface area contributed by atoms with E-state index in [1.807, 2.05) is 13.8 Å². The van der Waals surface area contributed by atoms with Crippen LogP contribution in [0.25, 0.3) is 0 Å². The van der Waals surface area contributed by atoms with Gasteiger partial charge in [-0.2, -0.15) is 0 Å². The first-order valence-corrected chi connectivity index (χ1v) is 6.91. The maximum atomic E-state index is 11.7. The fourth-order valence-electron chi connectivity index (χ4n) is 1.61. The Morgan fingerprint density at radius 3 is 2.45 bits per heavy atom. The number of anilines is 1. The normalized spacial score (nSPS) is 11.6. The quantitative estimate of drug-likeness (QED) is 0.602. The summed E-state index contributed by atoms with van der Waals surface area (Å²) < 4.78 is 4.62. The molecule has 0 bridgehead atoms. The van der Waals surface area contributed by atoms with Crippen molar-refractivity contribution in [2.45, 2.75) is 26.5 Å². The molecule has 7 heteroatoms. The lowest BCUT2D eigenvalue weighted by atomic mass is 10.1. The van der Waals surface area contributed by atoms with E-state index < -0.39 is 6.04 Å². The van der Waals surface area contributed by atoms with Gasteiger partial charge in [-0.1, -0.05) is 26.0 Å². The van der Waals surface area contributed by atoms with Crippen LogP contribution in [0.5, 0.6) is 0 Å². The van der Waals surface area contributed by atoms with E-state index in [0.717, 1.165) is 5.56 Å². The van der Waals surface area contributed by atoms with Gasteiger partial charge in [0.2, 0.25) is 11.8 Å². The molecule has 1 rings (SSSR count). The lowest BCUT2D eigenvalue weighted by Gasteiger charge is -2.15. The van der Waals surface area contributed by atoms with Crippen molar-refractivity contribution in [1.29, 1.82) is 0 Å². The fourth-order valence-corrected chi connectivity index (χ4v) is 1.61. The van der Waals surface area contributed by atoms with Gasteiger partial charge in [-0.15, -0.1) is 0 Å². The first-order valence-electron chi connectivity index (χ1n) is 6.91. The number of hydrogen-bond acceptors (Lipinski definition) is 5. The zero-order valence-electron chi connectivity index (χ0n) is 12.7. The Morgan fingerprint density at radius 1 is 1.27 bits per heavy atom. The van der Waals surface area contributed by atoms with Crippen molar-refractivity contribution in [3.8, 4) is 0 Å². The van der Waals surface area contributed by atoms with E-state index in [2.05, 4.69) is 15.4 Å². The summed E-state index contributed by atoms with van der Waals surface area (Å²) in [4.78, 5) is 33.4. The summed E-state index contributed by atoms with van der Waals surface area (Å²) in [5.74, 6) is -0.697. The first kappa shape index (κ1) is 17.6. The van der Waals surface area contributed by atoms with Gasteiger partial charge in [0.05, 0.1) is 12.6 Å². The van der Waals surface area contributed by atoms with Gasteiger partial charge < -0.3 is 21.1 Å². The maximum absolute atomic E-state index is 11.7. The summed E-state index contributed by atoms with van der Waals surface area (Å²) >= 11 is 0. The SMILES string of the molecule is CC(C)C(N)C(=O)NCC(=O)Nc1ccc(COC=O)cc1. The molecular formula is C15H21N3O4. The van der Waals surface area contributed by atoms with E-state index >= 15 is 0 Å². The van der Waals surface area contributed by atoms with Crippen LogP contribution in [-0.4, -0.2) is 30.9 Å². The molecule has 1 aromatic rings. The number of hydrogen-bond donors (Lipinski definition) is 3. The zero-order valence-corrected chi connectivity index (χ0v) is 12.7. The smallest absolute Gasteiger partial charge is 0.293 e. The topological polar surface area (TPSA) is 111 Å². The Hall–Kier alpha value is -2.41. The minimum absolute atomic E-state index is 0.00388. The number of ether oxygens (including phenoxy) is 1. The van der Waals surface area contributed by atoms with Crippen molar-refractivity contribution in [3.05, 3.63) is 29.8 Å². The number of nitrogens with one attached hydrogen (secondary N) is 2. The molecule has 0 heterocycles. The van der Waals surface area contributed by atoms with Crippen LogP contribution >= 0.6 is 0 Å². The first-order chi connectivity index (χ1) is 10.4. The molecule has 0 aliphatic heterocycles. The molecule has 1 aromatic carbocycles. The summed E-state index contributed by atoms with van der Waals surface area (Å²) in [7, 11) is 0. The van der Waals surface area contributed by atoms with E-state index in [1.54, 1.807) is 24.3 Å². The highest BCUT2D eigenvalue weighted by atomic mass is 16.5. The Bertz CT molecular complexity index is 514. The van der Waals surface area contributed by atoms with Crippen molar-refractivity contribution in [2.24, 2.45) is 11.7 Å². The van der Waals surface area contributed by atoms with Crippen molar-refractivity contribution in [2.75, 3.05) is 11.9 Å². The molecule has 0 aliphatic carbocycles. The van der Waals surface area contributed by atoms with Gasteiger partial charge in [-0.3, -0.25) is 14.4 Å². The van der Waals surface area contributed by atoms with E-state index in [0.29, 0.717) is 12.2 Å². The molecule has 22 heavy (non-hydrogen) atoms. The third-order valence-corrected chi connectivity index (χ3v) is 3.00. The minimum Gasteiger partial charge on any atom is -0.463 e. The van der Waals surface area contributed by atoms with Crippen LogP contribution in [0.3, 0.4) is 0 Å². The molecule has 0 aromatic heterocycles. The van der Waals surface area contributed by atoms with Crippen LogP contribution < -0.4 is 16.4 Å². The Labute approximate surface area is 129 Å². The molecule has 0 saturated heterocycles. The molecule has 1 unspecified atom stereocenters. The lowest BCUT2D eigenvalue weighted by Crippen LogP contribution is -2.46. The predicted octanol–water partition coefficient (Wildman–Crippen LogP) is 0.398. The minimum atomic E-state index is -0.634. The predicted molar refractivity (Wildman–Crippen MR) is 81.7 cm³/mol. The second kappa shape index (κ2) is 8.78. The third-order valence-electron chi connectivity index (χ3n) is 3.00. The van der Waals surface area contributed by atoms with Crippen molar-refractivity contribution >= 4 is 24.0 Å². The highest BCUT2D eigenvalue weighted by molar-refractivity contribution is 5.95. The molecule has 0 radical (unpaired) electrons. The average Bonchev–Trinajstić information content (AvgIpc) is 2.51. The molecule has 7 nitrogen and oxygen atoms in total. The fraction of sp³-hybridized carbons (Fsp3) is 0.400. The molecule has 2 amide bonds. The van der Waals surface area contributed by atoms with Crippen LogP contribution in [0.2, 0.25) is 0 Å². The van der Waals surface area contributed by atoms with E-state index in [9.17, 15) is 14.4 Å².